The van der Waals surface area contributed by atoms with Crippen molar-refractivity contribution in [2.45, 2.75) is 131 Å². The third kappa shape index (κ3) is 10.3. The van der Waals surface area contributed by atoms with E-state index in [-0.39, 0.29) is 12.1 Å². The van der Waals surface area contributed by atoms with Gasteiger partial charge in [-0.05, 0) is 80.0 Å². The zero-order valence-electron chi connectivity index (χ0n) is 27.0. The standard InChI is InChI=1S/C34H56N3.2ClH.Cu/c1-19(2)25-13-27(21(5)6)33(28(14-25)22(7)8)31(35)17-37-18-32(36)34-29(23(9)10)15-26(20(3)4)16-30(34)24(11)12;;;/h13-16,19-24,31-32H,17-18,35-36H2,1-12H3;2*1H;/q-1;;;+2/p-2. The van der Waals surface area contributed by atoms with E-state index in [9.17, 15) is 0 Å². The van der Waals surface area contributed by atoms with Gasteiger partial charge in [-0.15, -0.1) is 13.1 Å². The molecule has 4 N–H and O–H groups in total. The zero-order valence-corrected chi connectivity index (χ0v) is 29.5. The third-order valence-electron chi connectivity index (χ3n) is 7.75. The summed E-state index contributed by atoms with van der Waals surface area (Å²) < 4.78 is 0. The molecule has 3 nitrogen and oxygen atoms in total. The molecular formula is C34H56Cl2CuN3-. The van der Waals surface area contributed by atoms with Gasteiger partial charge in [0.15, 0.2) is 0 Å². The molecule has 0 saturated carbocycles. The summed E-state index contributed by atoms with van der Waals surface area (Å²) in [7, 11) is 9.34. The first-order chi connectivity index (χ1) is 18.6. The topological polar surface area (TPSA) is 66.1 Å². The van der Waals surface area contributed by atoms with Gasteiger partial charge in [0.25, 0.3) is 0 Å². The van der Waals surface area contributed by atoms with Crippen LogP contribution in [0.25, 0.3) is 5.32 Å². The quantitative estimate of drug-likeness (QED) is 0.227. The molecule has 2 rings (SSSR count). The van der Waals surface area contributed by atoms with Crippen LogP contribution >= 0.6 is 20.2 Å². The minimum absolute atomic E-state index is 0.124. The summed E-state index contributed by atoms with van der Waals surface area (Å²) in [6.07, 6.45) is 0. The molecule has 0 radical (unpaired) electrons. The molecule has 2 atom stereocenters. The van der Waals surface area contributed by atoms with Crippen LogP contribution in [0, 0.1) is 0 Å². The van der Waals surface area contributed by atoms with Crippen LogP contribution in [-0.2, 0) is 13.1 Å². The monoisotopic (exact) mass is 639 g/mol. The molecule has 2 aromatic rings. The zero-order chi connectivity index (χ0) is 30.9. The maximum atomic E-state index is 6.90. The number of halogens is 2. The summed E-state index contributed by atoms with van der Waals surface area (Å²) in [5.74, 6) is 2.66. The molecule has 0 bridgehead atoms. The van der Waals surface area contributed by atoms with Crippen molar-refractivity contribution in [1.82, 2.24) is 0 Å². The molecule has 0 amide bonds. The SMILES string of the molecule is CC(C)c1cc(C(C)C)c(C(N)C[N-]CC(N)c2c(C(C)C)cc(C(C)C)cc2C(C)C)c(C(C)C)c1.[Cl][Cu][Cl]. The predicted octanol–water partition coefficient (Wildman–Crippen LogP) is 10.9. The normalized spacial score (nSPS) is 13.7. The van der Waals surface area contributed by atoms with E-state index < -0.39 is 0 Å². The van der Waals surface area contributed by atoms with Crippen molar-refractivity contribution in [2.24, 2.45) is 11.5 Å². The van der Waals surface area contributed by atoms with Crippen molar-refractivity contribution >= 4 is 20.2 Å². The van der Waals surface area contributed by atoms with E-state index in [0.717, 1.165) is 13.1 Å². The van der Waals surface area contributed by atoms with Crippen molar-refractivity contribution < 1.29 is 13.1 Å². The summed E-state index contributed by atoms with van der Waals surface area (Å²) >= 11 is 0.757. The molecule has 0 saturated heterocycles. The molecule has 2 unspecified atom stereocenters. The van der Waals surface area contributed by atoms with Crippen molar-refractivity contribution in [3.8, 4) is 0 Å². The van der Waals surface area contributed by atoms with Crippen LogP contribution in [0.2, 0.25) is 0 Å². The molecule has 0 aliphatic heterocycles. The Kier molecular flexibility index (Phi) is 16.4. The number of nitrogens with two attached hydrogens (primary N) is 2. The van der Waals surface area contributed by atoms with Crippen molar-refractivity contribution in [2.75, 3.05) is 13.1 Å². The first kappa shape index (κ1) is 37.4. The van der Waals surface area contributed by atoms with Gasteiger partial charge in [-0.1, -0.05) is 107 Å². The molecule has 0 aromatic heterocycles. The molecule has 0 aliphatic rings. The van der Waals surface area contributed by atoms with Crippen molar-refractivity contribution in [1.29, 1.82) is 0 Å². The van der Waals surface area contributed by atoms with Crippen LogP contribution in [0.15, 0.2) is 24.3 Å². The summed E-state index contributed by atoms with van der Waals surface area (Å²) in [5.41, 5.74) is 24.7. The Labute approximate surface area is 261 Å². The fourth-order valence-electron chi connectivity index (χ4n) is 5.41. The number of hydrogen-bond donors (Lipinski definition) is 2. The van der Waals surface area contributed by atoms with Gasteiger partial charge in [0.2, 0.25) is 0 Å². The van der Waals surface area contributed by atoms with Crippen LogP contribution in [0.5, 0.6) is 0 Å². The first-order valence-electron chi connectivity index (χ1n) is 14.9. The Morgan fingerprint density at radius 3 is 0.925 bits per heavy atom. The number of benzene rings is 2. The first-order valence-corrected chi connectivity index (χ1v) is 17.5. The Morgan fingerprint density at radius 1 is 0.525 bits per heavy atom. The molecule has 0 heterocycles. The summed E-state index contributed by atoms with van der Waals surface area (Å²) in [4.78, 5) is 0. The Bertz CT molecular complexity index is 908. The van der Waals surface area contributed by atoms with Gasteiger partial charge < -0.3 is 16.8 Å². The van der Waals surface area contributed by atoms with E-state index in [4.69, 9.17) is 16.8 Å². The Hall–Kier alpha value is -0.581. The average Bonchev–Trinajstić information content (AvgIpc) is 2.86. The fraction of sp³-hybridized carbons (Fsp3) is 0.647. The van der Waals surface area contributed by atoms with Gasteiger partial charge in [-0.2, -0.15) is 0 Å². The van der Waals surface area contributed by atoms with Gasteiger partial charge in [-0.3, -0.25) is 0 Å². The van der Waals surface area contributed by atoms with Gasteiger partial charge in [0.05, 0.1) is 0 Å². The molecule has 233 valence electrons. The summed E-state index contributed by atoms with van der Waals surface area (Å²) in [6, 6.07) is 9.26. The van der Waals surface area contributed by atoms with Crippen LogP contribution in [0.1, 0.15) is 175 Å². The fourth-order valence-corrected chi connectivity index (χ4v) is 5.41. The second kappa shape index (κ2) is 17.5. The maximum absolute atomic E-state index is 6.90. The van der Waals surface area contributed by atoms with Gasteiger partial charge in [-0.25, -0.2) is 0 Å². The predicted molar refractivity (Wildman–Crippen MR) is 176 cm³/mol. The van der Waals surface area contributed by atoms with E-state index in [1.165, 1.54) is 44.5 Å². The van der Waals surface area contributed by atoms with E-state index in [1.807, 2.05) is 0 Å². The Balaban J connectivity index is 0.00000254. The molecule has 0 aliphatic carbocycles. The third-order valence-corrected chi connectivity index (χ3v) is 7.75. The van der Waals surface area contributed by atoms with Crippen molar-refractivity contribution in [3.05, 3.63) is 74.1 Å². The van der Waals surface area contributed by atoms with Gasteiger partial charge in [0, 0.05) is 12.1 Å². The average molecular weight is 641 g/mol. The minimum atomic E-state index is -0.124. The summed E-state index contributed by atoms with van der Waals surface area (Å²) in [6.45, 7) is 28.4. The summed E-state index contributed by atoms with van der Waals surface area (Å²) in [5, 5.41) is 4.99. The number of rotatable bonds is 12. The van der Waals surface area contributed by atoms with Crippen LogP contribution in [-0.4, -0.2) is 13.1 Å². The van der Waals surface area contributed by atoms with Gasteiger partial charge in [0.1, 0.15) is 0 Å². The number of nitrogens with zero attached hydrogens (tertiary/aromatic N) is 1. The molecule has 0 fully saturated rings. The second-order valence-corrected chi connectivity index (χ2v) is 14.6. The van der Waals surface area contributed by atoms with E-state index >= 15 is 0 Å². The van der Waals surface area contributed by atoms with Crippen molar-refractivity contribution in [3.63, 3.8) is 0 Å². The van der Waals surface area contributed by atoms with Gasteiger partial charge >= 0.3 is 33.3 Å². The van der Waals surface area contributed by atoms with E-state index in [2.05, 4.69) is 128 Å². The van der Waals surface area contributed by atoms with Crippen LogP contribution in [0.4, 0.5) is 0 Å². The number of hydrogen-bond acceptors (Lipinski definition) is 2. The van der Waals surface area contributed by atoms with E-state index in [1.54, 1.807) is 0 Å². The molecule has 2 aromatic carbocycles. The second-order valence-electron chi connectivity index (χ2n) is 13.0. The Morgan fingerprint density at radius 2 is 0.750 bits per heavy atom. The molecule has 6 heteroatoms. The van der Waals surface area contributed by atoms with Crippen LogP contribution in [0.3, 0.4) is 0 Å². The van der Waals surface area contributed by atoms with E-state index in [0.29, 0.717) is 48.6 Å². The molecule has 0 spiro atoms. The molecule has 40 heavy (non-hydrogen) atoms. The van der Waals surface area contributed by atoms with Crippen LogP contribution < -0.4 is 11.5 Å². The molecular weight excluding hydrogens is 585 g/mol.